The third-order valence-electron chi connectivity index (χ3n) is 4.55. The van der Waals surface area contributed by atoms with Crippen molar-refractivity contribution in [2.24, 2.45) is 0 Å². The van der Waals surface area contributed by atoms with Crippen molar-refractivity contribution in [2.45, 2.75) is 32.3 Å². The lowest BCUT2D eigenvalue weighted by Crippen LogP contribution is -2.42. The number of benzene rings is 1. The number of carbonyl (C=O) groups is 1. The van der Waals surface area contributed by atoms with E-state index in [1.54, 1.807) is 44.3 Å². The molecular formula is C20H26ClN5O2. The van der Waals surface area contributed by atoms with E-state index in [2.05, 4.69) is 20.2 Å². The third kappa shape index (κ3) is 4.65. The first-order valence-electron chi connectivity index (χ1n) is 9.31. The average molecular weight is 404 g/mol. The standard InChI is InChI=1S/C20H26ClN5O2/c1-20(2,28-15-9-7-14(21)8-10-15)18(27)23-16-13-22-19(24-17(16)25(3)4)26-11-5-6-12-26/h7-10,13H,5-6,11-12H2,1-4H3,(H,23,27). The molecule has 3 rings (SSSR count). The molecule has 1 N–H and O–H groups in total. The van der Waals surface area contributed by atoms with Crippen molar-refractivity contribution >= 4 is 35.0 Å². The van der Waals surface area contributed by atoms with Gasteiger partial charge in [0.1, 0.15) is 11.4 Å². The maximum absolute atomic E-state index is 12.9. The van der Waals surface area contributed by atoms with Crippen LogP contribution in [0.4, 0.5) is 17.5 Å². The van der Waals surface area contributed by atoms with Gasteiger partial charge < -0.3 is 19.9 Å². The summed E-state index contributed by atoms with van der Waals surface area (Å²) in [5.41, 5.74) is -0.545. The Balaban J connectivity index is 1.77. The van der Waals surface area contributed by atoms with Gasteiger partial charge in [0.15, 0.2) is 11.4 Å². The second-order valence-electron chi connectivity index (χ2n) is 7.52. The number of nitrogens with one attached hydrogen (secondary N) is 1. The molecule has 1 aromatic heterocycles. The number of anilines is 3. The molecule has 0 saturated carbocycles. The van der Waals surface area contributed by atoms with Crippen LogP contribution < -0.4 is 19.9 Å². The monoisotopic (exact) mass is 403 g/mol. The Morgan fingerprint density at radius 3 is 2.46 bits per heavy atom. The van der Waals surface area contributed by atoms with E-state index < -0.39 is 5.60 Å². The Bertz CT molecular complexity index is 833. The molecular weight excluding hydrogens is 378 g/mol. The molecule has 28 heavy (non-hydrogen) atoms. The predicted molar refractivity (Wildman–Crippen MR) is 113 cm³/mol. The molecule has 0 unspecified atom stereocenters. The van der Waals surface area contributed by atoms with Crippen molar-refractivity contribution in [2.75, 3.05) is 42.3 Å². The molecule has 1 amide bonds. The number of carbonyl (C=O) groups excluding carboxylic acids is 1. The number of aromatic nitrogens is 2. The van der Waals surface area contributed by atoms with Crippen LogP contribution in [0.15, 0.2) is 30.5 Å². The maximum atomic E-state index is 12.9. The number of hydrogen-bond donors (Lipinski definition) is 1. The van der Waals surface area contributed by atoms with Gasteiger partial charge in [-0.25, -0.2) is 4.98 Å². The number of nitrogens with zero attached hydrogens (tertiary/aromatic N) is 4. The molecule has 0 atom stereocenters. The van der Waals surface area contributed by atoms with E-state index in [0.29, 0.717) is 28.2 Å². The Morgan fingerprint density at radius 2 is 1.86 bits per heavy atom. The van der Waals surface area contributed by atoms with Gasteiger partial charge in [-0.15, -0.1) is 0 Å². The summed E-state index contributed by atoms with van der Waals surface area (Å²) in [4.78, 5) is 26.0. The Kier molecular flexibility index (Phi) is 5.93. The topological polar surface area (TPSA) is 70.6 Å². The second-order valence-corrected chi connectivity index (χ2v) is 7.95. The summed E-state index contributed by atoms with van der Waals surface area (Å²) in [5.74, 6) is 1.63. The van der Waals surface area contributed by atoms with Crippen molar-refractivity contribution in [3.8, 4) is 5.75 Å². The number of ether oxygens (including phenoxy) is 1. The van der Waals surface area contributed by atoms with Crippen molar-refractivity contribution in [1.29, 1.82) is 0 Å². The van der Waals surface area contributed by atoms with Crippen LogP contribution in [-0.4, -0.2) is 48.7 Å². The molecule has 1 aromatic carbocycles. The molecule has 0 spiro atoms. The van der Waals surface area contributed by atoms with Gasteiger partial charge in [-0.05, 0) is 51.0 Å². The van der Waals surface area contributed by atoms with Crippen LogP contribution >= 0.6 is 11.6 Å². The van der Waals surface area contributed by atoms with E-state index >= 15 is 0 Å². The van der Waals surface area contributed by atoms with E-state index in [1.807, 2.05) is 19.0 Å². The molecule has 2 aromatic rings. The zero-order valence-corrected chi connectivity index (χ0v) is 17.5. The van der Waals surface area contributed by atoms with Crippen LogP contribution in [0.25, 0.3) is 0 Å². The summed E-state index contributed by atoms with van der Waals surface area (Å²) in [6, 6.07) is 6.91. The highest BCUT2D eigenvalue weighted by atomic mass is 35.5. The lowest BCUT2D eigenvalue weighted by molar-refractivity contribution is -0.128. The molecule has 7 nitrogen and oxygen atoms in total. The maximum Gasteiger partial charge on any atom is 0.268 e. The Morgan fingerprint density at radius 1 is 1.21 bits per heavy atom. The van der Waals surface area contributed by atoms with Gasteiger partial charge in [-0.2, -0.15) is 4.98 Å². The summed E-state index contributed by atoms with van der Waals surface area (Å²) < 4.78 is 5.86. The highest BCUT2D eigenvalue weighted by molar-refractivity contribution is 6.30. The molecule has 2 heterocycles. The minimum absolute atomic E-state index is 0.289. The van der Waals surface area contributed by atoms with Gasteiger partial charge in [-0.1, -0.05) is 11.6 Å². The normalized spacial score (nSPS) is 14.1. The third-order valence-corrected chi connectivity index (χ3v) is 4.80. The fourth-order valence-corrected chi connectivity index (χ4v) is 3.10. The highest BCUT2D eigenvalue weighted by Crippen LogP contribution is 2.27. The molecule has 1 aliphatic heterocycles. The fraction of sp³-hybridized carbons (Fsp3) is 0.450. The predicted octanol–water partition coefficient (Wildman–Crippen LogP) is 3.59. The molecule has 1 saturated heterocycles. The molecule has 8 heteroatoms. The molecule has 150 valence electrons. The van der Waals surface area contributed by atoms with E-state index in [0.717, 1.165) is 25.9 Å². The van der Waals surface area contributed by atoms with Crippen molar-refractivity contribution in [1.82, 2.24) is 9.97 Å². The van der Waals surface area contributed by atoms with Crippen molar-refractivity contribution < 1.29 is 9.53 Å². The lowest BCUT2D eigenvalue weighted by Gasteiger charge is -2.27. The smallest absolute Gasteiger partial charge is 0.268 e. The summed E-state index contributed by atoms with van der Waals surface area (Å²) in [7, 11) is 3.78. The van der Waals surface area contributed by atoms with Gasteiger partial charge in [0.05, 0.1) is 6.20 Å². The minimum Gasteiger partial charge on any atom is -0.478 e. The quantitative estimate of drug-likeness (QED) is 0.794. The van der Waals surface area contributed by atoms with Gasteiger partial charge in [0.2, 0.25) is 5.95 Å². The van der Waals surface area contributed by atoms with Crippen LogP contribution in [0.2, 0.25) is 5.02 Å². The van der Waals surface area contributed by atoms with Crippen LogP contribution in [0.5, 0.6) is 5.75 Å². The van der Waals surface area contributed by atoms with Crippen molar-refractivity contribution in [3.63, 3.8) is 0 Å². The largest absolute Gasteiger partial charge is 0.478 e. The van der Waals surface area contributed by atoms with Gasteiger partial charge in [0.25, 0.3) is 5.91 Å². The number of amides is 1. The molecule has 0 radical (unpaired) electrons. The Labute approximate surface area is 170 Å². The number of rotatable bonds is 6. The summed E-state index contributed by atoms with van der Waals surface area (Å²) >= 11 is 5.90. The van der Waals surface area contributed by atoms with Crippen LogP contribution in [-0.2, 0) is 4.79 Å². The average Bonchev–Trinajstić information content (AvgIpc) is 3.18. The fourth-order valence-electron chi connectivity index (χ4n) is 2.98. The zero-order chi connectivity index (χ0) is 20.3. The highest BCUT2D eigenvalue weighted by Gasteiger charge is 2.31. The van der Waals surface area contributed by atoms with Gasteiger partial charge in [0, 0.05) is 32.2 Å². The number of halogens is 1. The Hall–Kier alpha value is -2.54. The van der Waals surface area contributed by atoms with Crippen LogP contribution in [0, 0.1) is 0 Å². The molecule has 0 bridgehead atoms. The van der Waals surface area contributed by atoms with E-state index in [-0.39, 0.29) is 5.91 Å². The minimum atomic E-state index is -1.09. The van der Waals surface area contributed by atoms with E-state index in [9.17, 15) is 4.79 Å². The van der Waals surface area contributed by atoms with E-state index in [4.69, 9.17) is 16.3 Å². The lowest BCUT2D eigenvalue weighted by atomic mass is 10.1. The summed E-state index contributed by atoms with van der Waals surface area (Å²) in [6.45, 7) is 5.35. The van der Waals surface area contributed by atoms with Crippen LogP contribution in [0.1, 0.15) is 26.7 Å². The second kappa shape index (κ2) is 8.22. The van der Waals surface area contributed by atoms with Crippen molar-refractivity contribution in [3.05, 3.63) is 35.5 Å². The summed E-state index contributed by atoms with van der Waals surface area (Å²) in [6.07, 6.45) is 3.96. The molecule has 0 aliphatic carbocycles. The van der Waals surface area contributed by atoms with Gasteiger partial charge >= 0.3 is 0 Å². The SMILES string of the molecule is CN(C)c1nc(N2CCCC2)ncc1NC(=O)C(C)(C)Oc1ccc(Cl)cc1. The molecule has 1 aliphatic rings. The first-order valence-corrected chi connectivity index (χ1v) is 9.69. The number of hydrogen-bond acceptors (Lipinski definition) is 6. The molecule has 1 fully saturated rings. The van der Waals surface area contributed by atoms with E-state index in [1.165, 1.54) is 0 Å². The first-order chi connectivity index (χ1) is 13.3. The van der Waals surface area contributed by atoms with Crippen LogP contribution in [0.3, 0.4) is 0 Å². The zero-order valence-electron chi connectivity index (χ0n) is 16.7. The van der Waals surface area contributed by atoms with Gasteiger partial charge in [-0.3, -0.25) is 4.79 Å². The first kappa shape index (κ1) is 20.2. The summed E-state index contributed by atoms with van der Waals surface area (Å²) in [5, 5.41) is 3.52.